The van der Waals surface area contributed by atoms with Crippen LogP contribution in [0.25, 0.3) is 0 Å². The first-order valence-corrected chi connectivity index (χ1v) is 7.60. The van der Waals surface area contributed by atoms with E-state index in [1.165, 1.54) is 18.5 Å². The van der Waals surface area contributed by atoms with E-state index in [-0.39, 0.29) is 11.9 Å². The van der Waals surface area contributed by atoms with E-state index in [0.29, 0.717) is 5.69 Å². The van der Waals surface area contributed by atoms with Crippen LogP contribution in [-0.4, -0.2) is 26.9 Å². The Kier molecular flexibility index (Phi) is 4.04. The van der Waals surface area contributed by atoms with Crippen LogP contribution in [0.1, 0.15) is 47.9 Å². The number of hydrogen-bond acceptors (Lipinski definition) is 2. The SMILES string of the molecule is Cn1cccc1C1CCCCCN1C(=O)c1ccccn1. The molecule has 0 aromatic carbocycles. The van der Waals surface area contributed by atoms with Crippen molar-refractivity contribution in [2.75, 3.05) is 6.54 Å². The third-order valence-corrected chi connectivity index (χ3v) is 4.22. The largest absolute Gasteiger partial charge is 0.353 e. The molecule has 4 nitrogen and oxygen atoms in total. The van der Waals surface area contributed by atoms with Gasteiger partial charge in [-0.2, -0.15) is 0 Å². The number of aryl methyl sites for hydroxylation is 1. The van der Waals surface area contributed by atoms with E-state index in [1.807, 2.05) is 36.3 Å². The highest BCUT2D eigenvalue weighted by Gasteiger charge is 2.29. The Labute approximate surface area is 125 Å². The van der Waals surface area contributed by atoms with Crippen LogP contribution in [-0.2, 0) is 7.05 Å². The summed E-state index contributed by atoms with van der Waals surface area (Å²) in [4.78, 5) is 19.1. The van der Waals surface area contributed by atoms with Gasteiger partial charge in [0.15, 0.2) is 0 Å². The van der Waals surface area contributed by atoms with Crippen molar-refractivity contribution in [2.45, 2.75) is 31.7 Å². The number of nitrogens with zero attached hydrogens (tertiary/aromatic N) is 3. The van der Waals surface area contributed by atoms with Crippen LogP contribution in [0.3, 0.4) is 0 Å². The molecule has 0 saturated carbocycles. The average Bonchev–Trinajstić information content (AvgIpc) is 2.80. The maximum absolute atomic E-state index is 12.8. The molecule has 1 fully saturated rings. The second-order valence-electron chi connectivity index (χ2n) is 5.62. The maximum atomic E-state index is 12.8. The predicted molar refractivity (Wildman–Crippen MR) is 81.9 cm³/mol. The zero-order chi connectivity index (χ0) is 14.7. The van der Waals surface area contributed by atoms with E-state index in [1.54, 1.807) is 12.3 Å². The van der Waals surface area contributed by atoms with Crippen molar-refractivity contribution < 1.29 is 4.79 Å². The standard InChI is InChI=1S/C17H21N3O/c1-19-12-7-10-15(19)16-9-3-2-6-13-20(16)17(21)14-8-4-5-11-18-14/h4-5,7-8,10-12,16H,2-3,6,9,13H2,1H3. The fourth-order valence-corrected chi connectivity index (χ4v) is 3.12. The molecule has 1 atom stereocenters. The van der Waals surface area contributed by atoms with E-state index >= 15 is 0 Å². The summed E-state index contributed by atoms with van der Waals surface area (Å²) in [7, 11) is 2.05. The van der Waals surface area contributed by atoms with E-state index in [9.17, 15) is 4.79 Å². The summed E-state index contributed by atoms with van der Waals surface area (Å²) in [5.74, 6) is 0.0451. The molecule has 1 saturated heterocycles. The number of aromatic nitrogens is 2. The number of pyridine rings is 1. The van der Waals surface area contributed by atoms with Gasteiger partial charge in [0.1, 0.15) is 5.69 Å². The third kappa shape index (κ3) is 2.84. The Morgan fingerprint density at radius 2 is 2.10 bits per heavy atom. The lowest BCUT2D eigenvalue weighted by Crippen LogP contribution is -2.36. The molecule has 3 rings (SSSR count). The van der Waals surface area contributed by atoms with Crippen molar-refractivity contribution in [1.82, 2.24) is 14.5 Å². The van der Waals surface area contributed by atoms with Crippen LogP contribution in [0.15, 0.2) is 42.7 Å². The normalized spacial score (nSPS) is 19.3. The van der Waals surface area contributed by atoms with Crippen LogP contribution in [0.4, 0.5) is 0 Å². The van der Waals surface area contributed by atoms with Crippen molar-refractivity contribution in [2.24, 2.45) is 7.05 Å². The maximum Gasteiger partial charge on any atom is 0.273 e. The molecule has 0 bridgehead atoms. The lowest BCUT2D eigenvalue weighted by Gasteiger charge is -2.30. The van der Waals surface area contributed by atoms with Crippen LogP contribution in [0.5, 0.6) is 0 Å². The van der Waals surface area contributed by atoms with Crippen LogP contribution >= 0.6 is 0 Å². The zero-order valence-electron chi connectivity index (χ0n) is 12.4. The lowest BCUT2D eigenvalue weighted by atomic mass is 10.1. The van der Waals surface area contributed by atoms with E-state index < -0.39 is 0 Å². The summed E-state index contributed by atoms with van der Waals surface area (Å²) in [5.41, 5.74) is 1.75. The minimum Gasteiger partial charge on any atom is -0.353 e. The first kappa shape index (κ1) is 13.9. The predicted octanol–water partition coefficient (Wildman–Crippen LogP) is 3.18. The van der Waals surface area contributed by atoms with Gasteiger partial charge in [-0.1, -0.05) is 18.9 Å². The van der Waals surface area contributed by atoms with Crippen molar-refractivity contribution in [1.29, 1.82) is 0 Å². The van der Waals surface area contributed by atoms with Crippen molar-refractivity contribution in [3.8, 4) is 0 Å². The summed E-state index contributed by atoms with van der Waals surface area (Å²) in [5, 5.41) is 0. The molecule has 21 heavy (non-hydrogen) atoms. The second kappa shape index (κ2) is 6.12. The first-order chi connectivity index (χ1) is 10.3. The minimum absolute atomic E-state index is 0.0451. The van der Waals surface area contributed by atoms with Gasteiger partial charge in [0, 0.05) is 31.7 Å². The molecule has 1 aliphatic rings. The molecular weight excluding hydrogens is 262 g/mol. The van der Waals surface area contributed by atoms with Gasteiger partial charge in [-0.15, -0.1) is 0 Å². The topological polar surface area (TPSA) is 38.1 Å². The van der Waals surface area contributed by atoms with Crippen LogP contribution < -0.4 is 0 Å². The molecule has 4 heteroatoms. The second-order valence-corrected chi connectivity index (χ2v) is 5.62. The fourth-order valence-electron chi connectivity index (χ4n) is 3.12. The number of amides is 1. The molecule has 0 spiro atoms. The fraction of sp³-hybridized carbons (Fsp3) is 0.412. The van der Waals surface area contributed by atoms with Gasteiger partial charge in [-0.25, -0.2) is 0 Å². The van der Waals surface area contributed by atoms with E-state index in [0.717, 1.165) is 19.4 Å². The molecule has 2 aromatic heterocycles. The van der Waals surface area contributed by atoms with Crippen molar-refractivity contribution >= 4 is 5.91 Å². The van der Waals surface area contributed by atoms with Gasteiger partial charge in [0.25, 0.3) is 5.91 Å². The summed E-state index contributed by atoms with van der Waals surface area (Å²) in [6, 6.07) is 9.83. The highest BCUT2D eigenvalue weighted by atomic mass is 16.2. The van der Waals surface area contributed by atoms with E-state index in [4.69, 9.17) is 0 Å². The Morgan fingerprint density at radius 1 is 1.19 bits per heavy atom. The number of rotatable bonds is 2. The Hall–Kier alpha value is -2.10. The number of likely N-dealkylation sites (tertiary alicyclic amines) is 1. The molecule has 1 aliphatic heterocycles. The first-order valence-electron chi connectivity index (χ1n) is 7.60. The van der Waals surface area contributed by atoms with Gasteiger partial charge in [-0.3, -0.25) is 9.78 Å². The average molecular weight is 283 g/mol. The smallest absolute Gasteiger partial charge is 0.273 e. The quantitative estimate of drug-likeness (QED) is 0.849. The monoisotopic (exact) mass is 283 g/mol. The highest BCUT2D eigenvalue weighted by molar-refractivity contribution is 5.92. The molecule has 2 aromatic rings. The van der Waals surface area contributed by atoms with Gasteiger partial charge in [0.2, 0.25) is 0 Å². The Balaban J connectivity index is 1.92. The Bertz CT molecular complexity index is 606. The molecule has 3 heterocycles. The molecule has 1 unspecified atom stereocenters. The van der Waals surface area contributed by atoms with Gasteiger partial charge < -0.3 is 9.47 Å². The van der Waals surface area contributed by atoms with Gasteiger partial charge >= 0.3 is 0 Å². The number of carbonyl (C=O) groups is 1. The van der Waals surface area contributed by atoms with Crippen molar-refractivity contribution in [3.63, 3.8) is 0 Å². The van der Waals surface area contributed by atoms with Gasteiger partial charge in [0.05, 0.1) is 6.04 Å². The molecular formula is C17H21N3O. The summed E-state index contributed by atoms with van der Waals surface area (Å²) >= 11 is 0. The zero-order valence-corrected chi connectivity index (χ0v) is 12.4. The summed E-state index contributed by atoms with van der Waals surface area (Å²) < 4.78 is 2.12. The van der Waals surface area contributed by atoms with Crippen LogP contribution in [0, 0.1) is 0 Å². The third-order valence-electron chi connectivity index (χ3n) is 4.22. The summed E-state index contributed by atoms with van der Waals surface area (Å²) in [6.45, 7) is 0.811. The number of carbonyl (C=O) groups excluding carboxylic acids is 1. The van der Waals surface area contributed by atoms with Gasteiger partial charge in [-0.05, 0) is 37.1 Å². The summed E-state index contributed by atoms with van der Waals surface area (Å²) in [6.07, 6.45) is 8.18. The molecule has 0 N–H and O–H groups in total. The molecule has 110 valence electrons. The van der Waals surface area contributed by atoms with Crippen molar-refractivity contribution in [3.05, 3.63) is 54.1 Å². The number of hydrogen-bond donors (Lipinski definition) is 0. The lowest BCUT2D eigenvalue weighted by molar-refractivity contribution is 0.0668. The minimum atomic E-state index is 0.0451. The molecule has 0 aliphatic carbocycles. The molecule has 1 amide bonds. The molecule has 0 radical (unpaired) electrons. The van der Waals surface area contributed by atoms with Crippen LogP contribution in [0.2, 0.25) is 0 Å². The highest BCUT2D eigenvalue weighted by Crippen LogP contribution is 2.31. The van der Waals surface area contributed by atoms with E-state index in [2.05, 4.69) is 15.6 Å². The Morgan fingerprint density at radius 3 is 2.81 bits per heavy atom.